The van der Waals surface area contributed by atoms with Crippen molar-refractivity contribution in [2.24, 2.45) is 0 Å². The van der Waals surface area contributed by atoms with Gasteiger partial charge in [0.25, 0.3) is 15.9 Å². The molecule has 160 valence electrons. The normalized spacial score (nSPS) is 11.0. The van der Waals surface area contributed by atoms with Crippen LogP contribution in [0.1, 0.15) is 10.4 Å². The van der Waals surface area contributed by atoms with Crippen LogP contribution >= 0.6 is 0 Å². The molecule has 4 aromatic rings. The number of nitrogens with one attached hydrogen (secondary N) is 2. The minimum atomic E-state index is -3.91. The second-order valence-corrected chi connectivity index (χ2v) is 8.44. The number of nitrogens with zero attached hydrogens (tertiary/aromatic N) is 2. The van der Waals surface area contributed by atoms with E-state index in [4.69, 9.17) is 0 Å². The van der Waals surface area contributed by atoms with Crippen LogP contribution in [-0.4, -0.2) is 24.3 Å². The van der Waals surface area contributed by atoms with Gasteiger partial charge in [0.1, 0.15) is 5.82 Å². The molecule has 0 atom stereocenters. The Bertz CT molecular complexity index is 1340. The average molecular weight is 448 g/mol. The molecule has 9 heteroatoms. The van der Waals surface area contributed by atoms with Crippen molar-refractivity contribution in [1.82, 2.24) is 9.97 Å². The van der Waals surface area contributed by atoms with E-state index in [-0.39, 0.29) is 16.1 Å². The maximum absolute atomic E-state index is 13.3. The minimum Gasteiger partial charge on any atom is -0.322 e. The number of aromatic nitrogens is 2. The van der Waals surface area contributed by atoms with Crippen LogP contribution < -0.4 is 10.0 Å². The number of hydrogen-bond acceptors (Lipinski definition) is 5. The summed E-state index contributed by atoms with van der Waals surface area (Å²) in [6, 6.07) is 20.1. The first-order valence-corrected chi connectivity index (χ1v) is 11.0. The third kappa shape index (κ3) is 4.96. The Kier molecular flexibility index (Phi) is 5.91. The van der Waals surface area contributed by atoms with Gasteiger partial charge in [-0.25, -0.2) is 22.8 Å². The van der Waals surface area contributed by atoms with Crippen LogP contribution in [-0.2, 0) is 10.0 Å². The zero-order chi connectivity index (χ0) is 22.6. The van der Waals surface area contributed by atoms with E-state index in [1.54, 1.807) is 0 Å². The van der Waals surface area contributed by atoms with Gasteiger partial charge >= 0.3 is 0 Å². The van der Waals surface area contributed by atoms with E-state index < -0.39 is 21.7 Å². The average Bonchev–Trinajstić information content (AvgIpc) is 2.80. The smallest absolute Gasteiger partial charge is 0.261 e. The predicted molar refractivity (Wildman–Crippen MR) is 119 cm³/mol. The van der Waals surface area contributed by atoms with E-state index in [1.165, 1.54) is 54.9 Å². The fraction of sp³-hybridized carbons (Fsp3) is 0. The number of benzene rings is 3. The third-order valence-electron chi connectivity index (χ3n) is 4.45. The fourth-order valence-electron chi connectivity index (χ4n) is 2.87. The maximum atomic E-state index is 13.3. The number of carbonyl (C=O) groups excluding carboxylic acids is 1. The van der Waals surface area contributed by atoms with Gasteiger partial charge in [0.05, 0.1) is 16.1 Å². The molecule has 0 bridgehead atoms. The van der Waals surface area contributed by atoms with E-state index in [0.29, 0.717) is 11.5 Å². The molecule has 0 aliphatic rings. The molecular formula is C23H17FN4O3S. The van der Waals surface area contributed by atoms with Gasteiger partial charge in [-0.05, 0) is 42.5 Å². The lowest BCUT2D eigenvalue weighted by Crippen LogP contribution is -2.14. The number of amides is 1. The van der Waals surface area contributed by atoms with Crippen molar-refractivity contribution in [3.8, 4) is 11.4 Å². The number of rotatable bonds is 6. The molecule has 3 aromatic carbocycles. The molecule has 7 nitrogen and oxygen atoms in total. The highest BCUT2D eigenvalue weighted by molar-refractivity contribution is 7.92. The van der Waals surface area contributed by atoms with Crippen LogP contribution in [0.15, 0.2) is 96.2 Å². The molecule has 0 saturated heterocycles. The van der Waals surface area contributed by atoms with E-state index in [0.717, 1.165) is 11.6 Å². The minimum absolute atomic E-state index is 0.0321. The molecule has 0 aliphatic heterocycles. The highest BCUT2D eigenvalue weighted by Crippen LogP contribution is 2.19. The van der Waals surface area contributed by atoms with Crippen molar-refractivity contribution >= 4 is 27.3 Å². The Morgan fingerprint density at radius 1 is 0.812 bits per heavy atom. The summed E-state index contributed by atoms with van der Waals surface area (Å²) in [6.07, 6.45) is 2.85. The molecule has 0 unspecified atom stereocenters. The molecule has 0 saturated carbocycles. The molecule has 32 heavy (non-hydrogen) atoms. The van der Waals surface area contributed by atoms with Crippen molar-refractivity contribution in [3.63, 3.8) is 0 Å². The number of halogens is 1. The van der Waals surface area contributed by atoms with Crippen LogP contribution in [0.4, 0.5) is 15.8 Å². The first-order chi connectivity index (χ1) is 15.4. The van der Waals surface area contributed by atoms with Crippen LogP contribution in [0.3, 0.4) is 0 Å². The molecule has 4 rings (SSSR count). The largest absolute Gasteiger partial charge is 0.322 e. The van der Waals surface area contributed by atoms with Gasteiger partial charge in [-0.1, -0.05) is 36.4 Å². The van der Waals surface area contributed by atoms with E-state index >= 15 is 0 Å². The summed E-state index contributed by atoms with van der Waals surface area (Å²) in [6.45, 7) is 0. The fourth-order valence-corrected chi connectivity index (χ4v) is 3.92. The molecule has 0 radical (unpaired) electrons. The van der Waals surface area contributed by atoms with Gasteiger partial charge in [-0.3, -0.25) is 9.52 Å². The topological polar surface area (TPSA) is 101 Å². The summed E-state index contributed by atoms with van der Waals surface area (Å²) >= 11 is 0. The van der Waals surface area contributed by atoms with Crippen LogP contribution in [0, 0.1) is 5.82 Å². The summed E-state index contributed by atoms with van der Waals surface area (Å²) in [4.78, 5) is 20.9. The molecule has 2 N–H and O–H groups in total. The Labute approximate surface area is 184 Å². The highest BCUT2D eigenvalue weighted by atomic mass is 32.2. The Balaban J connectivity index is 1.43. The second-order valence-electron chi connectivity index (χ2n) is 6.76. The van der Waals surface area contributed by atoms with Gasteiger partial charge in [-0.15, -0.1) is 0 Å². The van der Waals surface area contributed by atoms with Crippen molar-refractivity contribution in [2.75, 3.05) is 10.0 Å². The summed E-state index contributed by atoms with van der Waals surface area (Å²) in [5, 5.41) is 2.67. The van der Waals surface area contributed by atoms with Gasteiger partial charge in [0, 0.05) is 23.6 Å². The molecule has 0 spiro atoms. The predicted octanol–water partition coefficient (Wildman–Crippen LogP) is 4.34. The number of anilines is 2. The third-order valence-corrected chi connectivity index (χ3v) is 5.84. The first kappa shape index (κ1) is 21.1. The summed E-state index contributed by atoms with van der Waals surface area (Å²) < 4.78 is 40.6. The summed E-state index contributed by atoms with van der Waals surface area (Å²) in [5.74, 6) is -0.482. The number of sulfonamides is 1. The van der Waals surface area contributed by atoms with Crippen molar-refractivity contribution in [2.45, 2.75) is 4.90 Å². The standard InChI is InChI=1S/C23H17FN4O3S/c24-18-7-4-8-20(13-18)28-32(30,31)21-11-9-19(10-12-21)27-23(29)17-14-25-22(26-15-17)16-5-2-1-3-6-16/h1-15,28H,(H,27,29). The molecule has 1 heterocycles. The zero-order valence-electron chi connectivity index (χ0n) is 16.6. The van der Waals surface area contributed by atoms with Crippen LogP contribution in [0.5, 0.6) is 0 Å². The monoisotopic (exact) mass is 448 g/mol. The van der Waals surface area contributed by atoms with E-state index in [9.17, 15) is 17.6 Å². The Morgan fingerprint density at radius 2 is 1.50 bits per heavy atom. The van der Waals surface area contributed by atoms with E-state index in [2.05, 4.69) is 20.0 Å². The lowest BCUT2D eigenvalue weighted by Gasteiger charge is -2.10. The molecule has 1 amide bonds. The van der Waals surface area contributed by atoms with Crippen LogP contribution in [0.2, 0.25) is 0 Å². The molecule has 0 fully saturated rings. The van der Waals surface area contributed by atoms with Crippen LogP contribution in [0.25, 0.3) is 11.4 Å². The Morgan fingerprint density at radius 3 is 2.16 bits per heavy atom. The van der Waals surface area contributed by atoms with Gasteiger partial charge < -0.3 is 5.32 Å². The van der Waals surface area contributed by atoms with Gasteiger partial charge in [0.15, 0.2) is 5.82 Å². The first-order valence-electron chi connectivity index (χ1n) is 9.48. The van der Waals surface area contributed by atoms with Gasteiger partial charge in [-0.2, -0.15) is 0 Å². The lowest BCUT2D eigenvalue weighted by molar-refractivity contribution is 0.102. The van der Waals surface area contributed by atoms with E-state index in [1.807, 2.05) is 30.3 Å². The van der Waals surface area contributed by atoms with Crippen molar-refractivity contribution < 1.29 is 17.6 Å². The van der Waals surface area contributed by atoms with Crippen molar-refractivity contribution in [1.29, 1.82) is 0 Å². The molecular weight excluding hydrogens is 431 g/mol. The summed E-state index contributed by atoms with van der Waals surface area (Å²) in [5.41, 5.74) is 1.60. The zero-order valence-corrected chi connectivity index (χ0v) is 17.4. The van der Waals surface area contributed by atoms with Gasteiger partial charge in [0.2, 0.25) is 0 Å². The second kappa shape index (κ2) is 8.94. The SMILES string of the molecule is O=C(Nc1ccc(S(=O)(=O)Nc2cccc(F)c2)cc1)c1cnc(-c2ccccc2)nc1. The molecule has 1 aromatic heterocycles. The maximum Gasteiger partial charge on any atom is 0.261 e. The lowest BCUT2D eigenvalue weighted by atomic mass is 10.2. The number of hydrogen-bond donors (Lipinski definition) is 2. The molecule has 0 aliphatic carbocycles. The highest BCUT2D eigenvalue weighted by Gasteiger charge is 2.15. The Hall–Kier alpha value is -4.11. The number of carbonyl (C=O) groups is 1. The quantitative estimate of drug-likeness (QED) is 0.457. The van der Waals surface area contributed by atoms with Crippen molar-refractivity contribution in [3.05, 3.63) is 103 Å². The summed E-state index contributed by atoms with van der Waals surface area (Å²) in [7, 11) is -3.91.